The van der Waals surface area contributed by atoms with Crippen LogP contribution in [-0.4, -0.2) is 11.7 Å². The van der Waals surface area contributed by atoms with Crippen LogP contribution in [0.2, 0.25) is 0 Å². The first kappa shape index (κ1) is 14.9. The minimum absolute atomic E-state index is 0.0139. The zero-order valence-corrected chi connectivity index (χ0v) is 12.2. The number of hydrogen-bond donors (Lipinski definition) is 1. The number of ether oxygens (including phenoxy) is 1. The third kappa shape index (κ3) is 3.35. The molecule has 20 heavy (non-hydrogen) atoms. The van der Waals surface area contributed by atoms with Gasteiger partial charge in [0.2, 0.25) is 0 Å². The Hall–Kier alpha value is -1.46. The van der Waals surface area contributed by atoms with Gasteiger partial charge >= 0.3 is 0 Å². The summed E-state index contributed by atoms with van der Waals surface area (Å²) < 4.78 is 33.1. The first-order valence-corrected chi connectivity index (χ1v) is 6.86. The lowest BCUT2D eigenvalue weighted by atomic mass is 10.1. The van der Waals surface area contributed by atoms with Crippen LogP contribution in [0.15, 0.2) is 40.9 Å². The third-order valence-corrected chi connectivity index (χ3v) is 3.48. The van der Waals surface area contributed by atoms with E-state index in [9.17, 15) is 8.78 Å². The van der Waals surface area contributed by atoms with Crippen molar-refractivity contribution < 1.29 is 18.6 Å². The summed E-state index contributed by atoms with van der Waals surface area (Å²) in [6, 6.07) is 9.60. The Kier molecular flexibility index (Phi) is 5.09. The van der Waals surface area contributed by atoms with Crippen molar-refractivity contribution in [1.29, 1.82) is 0 Å². The molecule has 0 saturated carbocycles. The Morgan fingerprint density at radius 3 is 2.60 bits per heavy atom. The molecule has 0 fully saturated rings. The van der Waals surface area contributed by atoms with Crippen LogP contribution in [0.5, 0.6) is 5.75 Å². The molecule has 0 unspecified atom stereocenters. The van der Waals surface area contributed by atoms with Crippen LogP contribution in [-0.2, 0) is 13.0 Å². The fourth-order valence-corrected chi connectivity index (χ4v) is 2.19. The van der Waals surface area contributed by atoms with Crippen molar-refractivity contribution in [1.82, 2.24) is 0 Å². The SMILES string of the molecule is OCCc1ccccc1OCc1c(F)ccc(Br)c1F. The van der Waals surface area contributed by atoms with E-state index >= 15 is 0 Å². The van der Waals surface area contributed by atoms with Gasteiger partial charge in [0, 0.05) is 6.61 Å². The second-order valence-electron chi connectivity index (χ2n) is 4.19. The number of aliphatic hydroxyl groups excluding tert-OH is 1. The van der Waals surface area contributed by atoms with Gasteiger partial charge in [-0.2, -0.15) is 0 Å². The Labute approximate surface area is 124 Å². The summed E-state index contributed by atoms with van der Waals surface area (Å²) in [6.45, 7) is -0.223. The lowest BCUT2D eigenvalue weighted by Crippen LogP contribution is -2.04. The highest BCUT2D eigenvalue weighted by Gasteiger charge is 2.13. The molecule has 0 heterocycles. The fraction of sp³-hybridized carbons (Fsp3) is 0.200. The highest BCUT2D eigenvalue weighted by Crippen LogP contribution is 2.24. The standard InChI is InChI=1S/C15H13BrF2O2/c16-12-5-6-13(17)11(15(12)18)9-20-14-4-2-1-3-10(14)7-8-19/h1-6,19H,7-9H2. The molecule has 2 rings (SSSR count). The summed E-state index contributed by atoms with van der Waals surface area (Å²) in [7, 11) is 0. The van der Waals surface area contributed by atoms with Crippen LogP contribution in [0, 0.1) is 11.6 Å². The van der Waals surface area contributed by atoms with Crippen molar-refractivity contribution in [2.75, 3.05) is 6.61 Å². The number of hydrogen-bond acceptors (Lipinski definition) is 2. The normalized spacial score (nSPS) is 10.6. The molecular formula is C15H13BrF2O2. The zero-order valence-electron chi connectivity index (χ0n) is 10.6. The predicted molar refractivity (Wildman–Crippen MR) is 75.6 cm³/mol. The fourth-order valence-electron chi connectivity index (χ4n) is 1.82. The molecule has 0 amide bonds. The molecule has 0 saturated heterocycles. The highest BCUT2D eigenvalue weighted by molar-refractivity contribution is 9.10. The number of para-hydroxylation sites is 1. The quantitative estimate of drug-likeness (QED) is 0.836. The highest BCUT2D eigenvalue weighted by atomic mass is 79.9. The van der Waals surface area contributed by atoms with E-state index in [1.165, 1.54) is 12.1 Å². The number of halogens is 3. The molecule has 0 bridgehead atoms. The average molecular weight is 343 g/mol. The van der Waals surface area contributed by atoms with E-state index < -0.39 is 11.6 Å². The molecule has 106 valence electrons. The maximum atomic E-state index is 13.8. The van der Waals surface area contributed by atoms with Crippen LogP contribution in [0.25, 0.3) is 0 Å². The third-order valence-electron chi connectivity index (χ3n) is 2.86. The van der Waals surface area contributed by atoms with Gasteiger partial charge in [0.25, 0.3) is 0 Å². The monoisotopic (exact) mass is 342 g/mol. The molecule has 0 spiro atoms. The second kappa shape index (κ2) is 6.81. The Morgan fingerprint density at radius 2 is 1.85 bits per heavy atom. The van der Waals surface area contributed by atoms with Gasteiger partial charge in [-0.25, -0.2) is 8.78 Å². The van der Waals surface area contributed by atoms with Crippen molar-refractivity contribution in [2.45, 2.75) is 13.0 Å². The van der Waals surface area contributed by atoms with Gasteiger partial charge in [-0.15, -0.1) is 0 Å². The van der Waals surface area contributed by atoms with Crippen molar-refractivity contribution in [3.63, 3.8) is 0 Å². The summed E-state index contributed by atoms with van der Waals surface area (Å²) in [4.78, 5) is 0. The van der Waals surface area contributed by atoms with Crippen LogP contribution in [0.1, 0.15) is 11.1 Å². The Balaban J connectivity index is 2.19. The lowest BCUT2D eigenvalue weighted by Gasteiger charge is -2.12. The second-order valence-corrected chi connectivity index (χ2v) is 5.05. The van der Waals surface area contributed by atoms with Gasteiger partial charge in [-0.3, -0.25) is 0 Å². The van der Waals surface area contributed by atoms with Crippen molar-refractivity contribution in [3.05, 3.63) is 63.6 Å². The number of aliphatic hydroxyl groups is 1. The van der Waals surface area contributed by atoms with Gasteiger partial charge < -0.3 is 9.84 Å². The Morgan fingerprint density at radius 1 is 1.10 bits per heavy atom. The van der Waals surface area contributed by atoms with Gasteiger partial charge in [0.05, 0.1) is 10.0 Å². The Bertz CT molecular complexity index is 602. The molecule has 0 atom stereocenters. The summed E-state index contributed by atoms with van der Waals surface area (Å²) in [5, 5.41) is 8.97. The van der Waals surface area contributed by atoms with E-state index in [4.69, 9.17) is 9.84 Å². The van der Waals surface area contributed by atoms with Gasteiger partial charge in [-0.05, 0) is 46.1 Å². The minimum atomic E-state index is -0.662. The van der Waals surface area contributed by atoms with E-state index in [0.29, 0.717) is 12.2 Å². The van der Waals surface area contributed by atoms with Gasteiger partial charge in [0.15, 0.2) is 0 Å². The molecule has 0 aliphatic carbocycles. The van der Waals surface area contributed by atoms with E-state index in [0.717, 1.165) is 5.56 Å². The largest absolute Gasteiger partial charge is 0.488 e. The molecule has 0 radical (unpaired) electrons. The first-order valence-electron chi connectivity index (χ1n) is 6.07. The smallest absolute Gasteiger partial charge is 0.146 e. The number of benzene rings is 2. The molecule has 2 aromatic rings. The van der Waals surface area contributed by atoms with Crippen LogP contribution >= 0.6 is 15.9 Å². The van der Waals surface area contributed by atoms with Crippen molar-refractivity contribution in [2.24, 2.45) is 0 Å². The van der Waals surface area contributed by atoms with Crippen molar-refractivity contribution >= 4 is 15.9 Å². The van der Waals surface area contributed by atoms with E-state index in [2.05, 4.69) is 15.9 Å². The molecular weight excluding hydrogens is 330 g/mol. The molecule has 1 N–H and O–H groups in total. The maximum absolute atomic E-state index is 13.8. The topological polar surface area (TPSA) is 29.5 Å². The predicted octanol–water partition coefficient (Wildman–Crippen LogP) is 3.84. The van der Waals surface area contributed by atoms with E-state index in [1.807, 2.05) is 6.07 Å². The van der Waals surface area contributed by atoms with Crippen LogP contribution in [0.4, 0.5) is 8.78 Å². The summed E-state index contributed by atoms with van der Waals surface area (Å²) in [5.74, 6) is -0.796. The van der Waals surface area contributed by atoms with Crippen LogP contribution in [0.3, 0.4) is 0 Å². The molecule has 2 nitrogen and oxygen atoms in total. The van der Waals surface area contributed by atoms with Gasteiger partial charge in [-0.1, -0.05) is 18.2 Å². The summed E-state index contributed by atoms with van der Waals surface area (Å²) in [5.41, 5.74) is 0.670. The lowest BCUT2D eigenvalue weighted by molar-refractivity contribution is 0.277. The molecule has 2 aromatic carbocycles. The summed E-state index contributed by atoms with van der Waals surface area (Å²) in [6.07, 6.45) is 0.430. The zero-order chi connectivity index (χ0) is 14.5. The van der Waals surface area contributed by atoms with Gasteiger partial charge in [0.1, 0.15) is 24.0 Å². The molecule has 5 heteroatoms. The minimum Gasteiger partial charge on any atom is -0.488 e. The maximum Gasteiger partial charge on any atom is 0.146 e. The van der Waals surface area contributed by atoms with E-state index in [1.54, 1.807) is 18.2 Å². The molecule has 0 aliphatic rings. The van der Waals surface area contributed by atoms with Crippen LogP contribution < -0.4 is 4.74 Å². The van der Waals surface area contributed by atoms with E-state index in [-0.39, 0.29) is 23.2 Å². The van der Waals surface area contributed by atoms with Crippen molar-refractivity contribution in [3.8, 4) is 5.75 Å². The molecule has 0 aliphatic heterocycles. The first-order chi connectivity index (χ1) is 9.63. The number of rotatable bonds is 5. The average Bonchev–Trinajstić information content (AvgIpc) is 2.45. The summed E-state index contributed by atoms with van der Waals surface area (Å²) >= 11 is 3.02. The molecule has 0 aromatic heterocycles.